The number of nitrogens with one attached hydrogen (secondary N) is 1. The third-order valence-electron chi connectivity index (χ3n) is 2.24. The summed E-state index contributed by atoms with van der Waals surface area (Å²) in [6, 6.07) is 5.48. The maximum absolute atomic E-state index is 9.97. The Morgan fingerprint density at radius 2 is 2.35 bits per heavy atom. The second kappa shape index (κ2) is 5.54. The van der Waals surface area contributed by atoms with Gasteiger partial charge in [0.05, 0.1) is 6.61 Å². The highest BCUT2D eigenvalue weighted by atomic mass is 32.1. The summed E-state index contributed by atoms with van der Waals surface area (Å²) in [5, 5.41) is 15.9. The van der Waals surface area contributed by atoms with Crippen LogP contribution in [-0.2, 0) is 6.54 Å². The van der Waals surface area contributed by atoms with E-state index in [4.69, 9.17) is 4.74 Å². The molecule has 1 aromatic heterocycles. The summed E-state index contributed by atoms with van der Waals surface area (Å²) >= 11 is 1.53. The van der Waals surface area contributed by atoms with Gasteiger partial charge in [-0.1, -0.05) is 12.1 Å². The first-order valence-corrected chi connectivity index (χ1v) is 6.26. The molecule has 0 radical (unpaired) electrons. The van der Waals surface area contributed by atoms with Gasteiger partial charge in [0, 0.05) is 23.7 Å². The molecule has 0 fully saturated rings. The summed E-state index contributed by atoms with van der Waals surface area (Å²) in [5.74, 6) is 0.712. The van der Waals surface area contributed by atoms with E-state index in [0.717, 1.165) is 10.7 Å². The molecule has 0 saturated heterocycles. The van der Waals surface area contributed by atoms with E-state index in [1.54, 1.807) is 12.3 Å². The first-order valence-electron chi connectivity index (χ1n) is 5.38. The van der Waals surface area contributed by atoms with Crippen LogP contribution in [0.5, 0.6) is 11.5 Å². The fourth-order valence-corrected chi connectivity index (χ4v) is 1.99. The number of benzene rings is 1. The minimum absolute atomic E-state index is 0.193. The molecule has 0 aliphatic carbocycles. The van der Waals surface area contributed by atoms with E-state index in [2.05, 4.69) is 10.3 Å². The van der Waals surface area contributed by atoms with E-state index >= 15 is 0 Å². The lowest BCUT2D eigenvalue weighted by molar-refractivity contribution is 0.317. The topological polar surface area (TPSA) is 54.4 Å². The fourth-order valence-electron chi connectivity index (χ4n) is 1.46. The van der Waals surface area contributed by atoms with Crippen LogP contribution >= 0.6 is 11.3 Å². The van der Waals surface area contributed by atoms with Gasteiger partial charge in [-0.3, -0.25) is 0 Å². The first kappa shape index (κ1) is 11.7. The van der Waals surface area contributed by atoms with Crippen molar-refractivity contribution in [2.75, 3.05) is 11.9 Å². The number of thiazole rings is 1. The number of anilines is 1. The number of phenolic OH excluding ortho intramolecular Hbond substituents is 1. The SMILES string of the molecule is CCOc1cccc(CNc2nccs2)c1O. The molecule has 0 saturated carbocycles. The van der Waals surface area contributed by atoms with E-state index < -0.39 is 0 Å². The van der Waals surface area contributed by atoms with Crippen molar-refractivity contribution in [3.8, 4) is 11.5 Å². The van der Waals surface area contributed by atoms with Crippen LogP contribution in [0, 0.1) is 0 Å². The van der Waals surface area contributed by atoms with Gasteiger partial charge in [-0.25, -0.2) is 4.98 Å². The molecule has 0 unspecified atom stereocenters. The highest BCUT2D eigenvalue weighted by molar-refractivity contribution is 7.13. The zero-order valence-corrected chi connectivity index (χ0v) is 10.3. The van der Waals surface area contributed by atoms with Crippen LogP contribution in [-0.4, -0.2) is 16.7 Å². The predicted octanol–water partition coefficient (Wildman–Crippen LogP) is 2.86. The zero-order chi connectivity index (χ0) is 12.1. The fraction of sp³-hybridized carbons (Fsp3) is 0.250. The van der Waals surface area contributed by atoms with Crippen molar-refractivity contribution in [3.05, 3.63) is 35.3 Å². The molecule has 0 bridgehead atoms. The maximum Gasteiger partial charge on any atom is 0.182 e. The molecule has 0 spiro atoms. The Kier molecular flexibility index (Phi) is 3.82. The van der Waals surface area contributed by atoms with Crippen LogP contribution in [0.4, 0.5) is 5.13 Å². The van der Waals surface area contributed by atoms with Crippen LogP contribution in [0.1, 0.15) is 12.5 Å². The maximum atomic E-state index is 9.97. The summed E-state index contributed by atoms with van der Waals surface area (Å²) in [6.45, 7) is 2.96. The second-order valence-electron chi connectivity index (χ2n) is 3.39. The van der Waals surface area contributed by atoms with Crippen molar-refractivity contribution in [1.82, 2.24) is 4.98 Å². The molecule has 0 aliphatic rings. The number of aromatic nitrogens is 1. The third-order valence-corrected chi connectivity index (χ3v) is 2.98. The predicted molar refractivity (Wildman–Crippen MR) is 68.7 cm³/mol. The van der Waals surface area contributed by atoms with Gasteiger partial charge < -0.3 is 15.2 Å². The summed E-state index contributed by atoms with van der Waals surface area (Å²) in [6.07, 6.45) is 1.74. The van der Waals surface area contributed by atoms with Crippen LogP contribution < -0.4 is 10.1 Å². The molecule has 2 aromatic rings. The quantitative estimate of drug-likeness (QED) is 0.856. The van der Waals surface area contributed by atoms with E-state index in [0.29, 0.717) is 18.9 Å². The third kappa shape index (κ3) is 2.88. The van der Waals surface area contributed by atoms with Gasteiger partial charge in [0.2, 0.25) is 0 Å². The van der Waals surface area contributed by atoms with Gasteiger partial charge in [-0.15, -0.1) is 11.3 Å². The minimum atomic E-state index is 0.193. The van der Waals surface area contributed by atoms with Gasteiger partial charge in [-0.2, -0.15) is 0 Å². The Hall–Kier alpha value is -1.75. The van der Waals surface area contributed by atoms with Crippen LogP contribution in [0.2, 0.25) is 0 Å². The first-order chi connectivity index (χ1) is 8.31. The van der Waals surface area contributed by atoms with E-state index in [-0.39, 0.29) is 5.75 Å². The van der Waals surface area contributed by atoms with Gasteiger partial charge in [0.15, 0.2) is 16.6 Å². The Labute approximate surface area is 104 Å². The van der Waals surface area contributed by atoms with Crippen molar-refractivity contribution >= 4 is 16.5 Å². The number of para-hydroxylation sites is 1. The van der Waals surface area contributed by atoms with Crippen LogP contribution in [0.3, 0.4) is 0 Å². The monoisotopic (exact) mass is 250 g/mol. The van der Waals surface area contributed by atoms with Crippen molar-refractivity contribution in [3.63, 3.8) is 0 Å². The van der Waals surface area contributed by atoms with Gasteiger partial charge in [-0.05, 0) is 13.0 Å². The number of phenols is 1. The molecular weight excluding hydrogens is 236 g/mol. The number of ether oxygens (including phenoxy) is 1. The molecular formula is C12H14N2O2S. The number of nitrogens with zero attached hydrogens (tertiary/aromatic N) is 1. The second-order valence-corrected chi connectivity index (χ2v) is 4.28. The number of rotatable bonds is 5. The number of hydrogen-bond acceptors (Lipinski definition) is 5. The molecule has 2 N–H and O–H groups in total. The molecule has 5 heteroatoms. The molecule has 0 aliphatic heterocycles. The van der Waals surface area contributed by atoms with Crippen molar-refractivity contribution in [2.45, 2.75) is 13.5 Å². The lowest BCUT2D eigenvalue weighted by Gasteiger charge is -2.10. The molecule has 4 nitrogen and oxygen atoms in total. The molecule has 90 valence electrons. The molecule has 1 aromatic carbocycles. The van der Waals surface area contributed by atoms with Crippen molar-refractivity contribution in [1.29, 1.82) is 0 Å². The molecule has 17 heavy (non-hydrogen) atoms. The summed E-state index contributed by atoms with van der Waals surface area (Å²) < 4.78 is 5.32. The molecule has 1 heterocycles. The van der Waals surface area contributed by atoms with E-state index in [1.807, 2.05) is 24.4 Å². The highest BCUT2D eigenvalue weighted by Crippen LogP contribution is 2.30. The van der Waals surface area contributed by atoms with Gasteiger partial charge in [0.25, 0.3) is 0 Å². The summed E-state index contributed by atoms with van der Waals surface area (Å²) in [4.78, 5) is 4.11. The number of aromatic hydroxyl groups is 1. The van der Waals surface area contributed by atoms with Crippen molar-refractivity contribution < 1.29 is 9.84 Å². The molecule has 2 rings (SSSR count). The van der Waals surface area contributed by atoms with Crippen molar-refractivity contribution in [2.24, 2.45) is 0 Å². The zero-order valence-electron chi connectivity index (χ0n) is 9.51. The summed E-state index contributed by atoms with van der Waals surface area (Å²) in [7, 11) is 0. The van der Waals surface area contributed by atoms with E-state index in [1.165, 1.54) is 11.3 Å². The number of hydrogen-bond donors (Lipinski definition) is 2. The highest BCUT2D eigenvalue weighted by Gasteiger charge is 2.07. The smallest absolute Gasteiger partial charge is 0.182 e. The Bertz CT molecular complexity index is 471. The lowest BCUT2D eigenvalue weighted by atomic mass is 10.2. The average Bonchev–Trinajstić information content (AvgIpc) is 2.83. The van der Waals surface area contributed by atoms with Gasteiger partial charge >= 0.3 is 0 Å². The van der Waals surface area contributed by atoms with Gasteiger partial charge in [0.1, 0.15) is 0 Å². The Morgan fingerprint density at radius 3 is 3.06 bits per heavy atom. The van der Waals surface area contributed by atoms with Crippen LogP contribution in [0.15, 0.2) is 29.8 Å². The average molecular weight is 250 g/mol. The van der Waals surface area contributed by atoms with E-state index in [9.17, 15) is 5.11 Å². The normalized spacial score (nSPS) is 10.2. The van der Waals surface area contributed by atoms with Crippen LogP contribution in [0.25, 0.3) is 0 Å². The standard InChI is InChI=1S/C12H14N2O2S/c1-2-16-10-5-3-4-9(11(10)15)8-14-12-13-6-7-17-12/h3-7,15H,2,8H2,1H3,(H,13,14). The Morgan fingerprint density at radius 1 is 1.47 bits per heavy atom. The Balaban J connectivity index is 2.07. The minimum Gasteiger partial charge on any atom is -0.504 e. The lowest BCUT2D eigenvalue weighted by Crippen LogP contribution is -2.00. The molecule has 0 atom stereocenters. The molecule has 0 amide bonds. The summed E-state index contributed by atoms with van der Waals surface area (Å²) in [5.41, 5.74) is 0.797. The largest absolute Gasteiger partial charge is 0.504 e.